The molecule has 0 aliphatic heterocycles. The van der Waals surface area contributed by atoms with E-state index in [-0.39, 0.29) is 6.61 Å². The Balaban J connectivity index is 2.88. The van der Waals surface area contributed by atoms with Crippen molar-refractivity contribution < 1.29 is 14.6 Å². The number of hydrogen-bond acceptors (Lipinski definition) is 4. The van der Waals surface area contributed by atoms with Gasteiger partial charge in [0, 0.05) is 12.1 Å². The van der Waals surface area contributed by atoms with E-state index in [1.165, 1.54) is 0 Å². The van der Waals surface area contributed by atoms with E-state index in [0.717, 1.165) is 5.56 Å². The summed E-state index contributed by atoms with van der Waals surface area (Å²) in [5.41, 5.74) is 5.68. The van der Waals surface area contributed by atoms with E-state index in [4.69, 9.17) is 15.2 Å². The Hall–Kier alpha value is -1.26. The van der Waals surface area contributed by atoms with Crippen LogP contribution in [0.5, 0.6) is 11.5 Å². The molecule has 1 aromatic rings. The van der Waals surface area contributed by atoms with Gasteiger partial charge in [0.05, 0.1) is 12.7 Å². The largest absolute Gasteiger partial charge is 0.493 e. The van der Waals surface area contributed by atoms with Gasteiger partial charge in [0.15, 0.2) is 11.5 Å². The summed E-state index contributed by atoms with van der Waals surface area (Å²) in [6.07, 6.45) is 0.625. The summed E-state index contributed by atoms with van der Waals surface area (Å²) in [5, 5.41) is 9.91. The molecule has 3 N–H and O–H groups in total. The average Bonchev–Trinajstić information content (AvgIpc) is 2.35. The van der Waals surface area contributed by atoms with Crippen LogP contribution in [0.2, 0.25) is 0 Å². The minimum atomic E-state index is -0.841. The van der Waals surface area contributed by atoms with Crippen molar-refractivity contribution in [1.82, 2.24) is 0 Å². The molecular weight excluding hydrogens is 218 g/mol. The first-order valence-electron chi connectivity index (χ1n) is 5.75. The molecule has 0 saturated carbocycles. The molecule has 0 spiro atoms. The van der Waals surface area contributed by atoms with Crippen molar-refractivity contribution in [3.05, 3.63) is 23.8 Å². The molecule has 1 aromatic carbocycles. The summed E-state index contributed by atoms with van der Waals surface area (Å²) in [6, 6.07) is 5.57. The van der Waals surface area contributed by atoms with Gasteiger partial charge in [-0.2, -0.15) is 0 Å². The minimum absolute atomic E-state index is 0.219. The lowest BCUT2D eigenvalue weighted by Gasteiger charge is -2.23. The van der Waals surface area contributed by atoms with Crippen LogP contribution >= 0.6 is 0 Å². The lowest BCUT2D eigenvalue weighted by Crippen LogP contribution is -2.31. The average molecular weight is 239 g/mol. The highest BCUT2D eigenvalue weighted by molar-refractivity contribution is 5.46. The van der Waals surface area contributed by atoms with Gasteiger partial charge in [-0.1, -0.05) is 19.1 Å². The zero-order chi connectivity index (χ0) is 12.9. The number of aliphatic hydroxyl groups is 1. The van der Waals surface area contributed by atoms with Crippen molar-refractivity contribution in [3.63, 3.8) is 0 Å². The molecule has 4 heteroatoms. The molecule has 0 aliphatic carbocycles. The third-order valence-electron chi connectivity index (χ3n) is 2.79. The van der Waals surface area contributed by atoms with Crippen molar-refractivity contribution in [1.29, 1.82) is 0 Å². The maximum Gasteiger partial charge on any atom is 0.165 e. The molecule has 1 unspecified atom stereocenters. The zero-order valence-electron chi connectivity index (χ0n) is 10.7. The van der Waals surface area contributed by atoms with Crippen molar-refractivity contribution in [2.24, 2.45) is 5.73 Å². The van der Waals surface area contributed by atoms with Crippen LogP contribution in [-0.2, 0) is 6.54 Å². The van der Waals surface area contributed by atoms with Gasteiger partial charge < -0.3 is 20.3 Å². The highest BCUT2D eigenvalue weighted by Crippen LogP contribution is 2.31. The molecule has 0 aromatic heterocycles. The smallest absolute Gasteiger partial charge is 0.165 e. The van der Waals surface area contributed by atoms with Crippen LogP contribution in [0.15, 0.2) is 18.2 Å². The van der Waals surface area contributed by atoms with E-state index in [1.807, 2.05) is 25.1 Å². The van der Waals surface area contributed by atoms with Gasteiger partial charge >= 0.3 is 0 Å². The lowest BCUT2D eigenvalue weighted by atomic mass is 10.1. The fraction of sp³-hybridized carbons (Fsp3) is 0.538. The summed E-state index contributed by atoms with van der Waals surface area (Å²) in [7, 11) is 1.58. The Bertz CT molecular complexity index is 341. The van der Waals surface area contributed by atoms with Gasteiger partial charge in [-0.15, -0.1) is 0 Å². The second kappa shape index (κ2) is 5.89. The fourth-order valence-corrected chi connectivity index (χ4v) is 1.38. The molecule has 17 heavy (non-hydrogen) atoms. The minimum Gasteiger partial charge on any atom is -0.493 e. The van der Waals surface area contributed by atoms with Gasteiger partial charge in [0.2, 0.25) is 0 Å². The molecule has 0 saturated heterocycles. The predicted octanol–water partition coefficient (Wildman–Crippen LogP) is 1.69. The SMILES string of the molecule is CCC(C)(O)COc1c(CN)cccc1OC. The molecule has 0 heterocycles. The maximum absolute atomic E-state index is 9.91. The first-order valence-corrected chi connectivity index (χ1v) is 5.75. The standard InChI is InChI=1S/C13H21NO3/c1-4-13(2,15)9-17-12-10(8-14)6-5-7-11(12)16-3/h5-7,15H,4,8-9,14H2,1-3H3. The first-order chi connectivity index (χ1) is 8.04. The lowest BCUT2D eigenvalue weighted by molar-refractivity contribution is 0.00746. The van der Waals surface area contributed by atoms with Gasteiger partial charge in [-0.25, -0.2) is 0 Å². The quantitative estimate of drug-likeness (QED) is 0.793. The molecule has 0 fully saturated rings. The second-order valence-electron chi connectivity index (χ2n) is 4.29. The highest BCUT2D eigenvalue weighted by atomic mass is 16.5. The predicted molar refractivity (Wildman–Crippen MR) is 67.3 cm³/mol. The number of ether oxygens (including phenoxy) is 2. The second-order valence-corrected chi connectivity index (χ2v) is 4.29. The molecule has 4 nitrogen and oxygen atoms in total. The molecule has 1 atom stereocenters. The van der Waals surface area contributed by atoms with Gasteiger partial charge in [0.25, 0.3) is 0 Å². The van der Waals surface area contributed by atoms with Gasteiger partial charge in [-0.05, 0) is 19.4 Å². The number of benzene rings is 1. The van der Waals surface area contributed by atoms with E-state index in [0.29, 0.717) is 24.5 Å². The van der Waals surface area contributed by atoms with Crippen LogP contribution in [0.3, 0.4) is 0 Å². The fourth-order valence-electron chi connectivity index (χ4n) is 1.38. The summed E-state index contributed by atoms with van der Waals surface area (Å²) >= 11 is 0. The molecule has 0 amide bonds. The monoisotopic (exact) mass is 239 g/mol. The Labute approximate surface area is 102 Å². The topological polar surface area (TPSA) is 64.7 Å². The molecule has 0 aliphatic rings. The van der Waals surface area contributed by atoms with Crippen LogP contribution in [0.1, 0.15) is 25.8 Å². The Morgan fingerprint density at radius 1 is 1.41 bits per heavy atom. The molecule has 0 bridgehead atoms. The van der Waals surface area contributed by atoms with Gasteiger partial charge in [-0.3, -0.25) is 0 Å². The van der Waals surface area contributed by atoms with Crippen LogP contribution in [-0.4, -0.2) is 24.4 Å². The first kappa shape index (κ1) is 13.8. The molecule has 1 rings (SSSR count). The van der Waals surface area contributed by atoms with Crippen molar-refractivity contribution in [2.45, 2.75) is 32.4 Å². The van der Waals surface area contributed by atoms with Gasteiger partial charge in [0.1, 0.15) is 6.61 Å². The van der Waals surface area contributed by atoms with Crippen LogP contribution in [0.4, 0.5) is 0 Å². The van der Waals surface area contributed by atoms with E-state index < -0.39 is 5.60 Å². The van der Waals surface area contributed by atoms with Crippen molar-refractivity contribution in [2.75, 3.05) is 13.7 Å². The third kappa shape index (κ3) is 3.61. The highest BCUT2D eigenvalue weighted by Gasteiger charge is 2.20. The molecule has 96 valence electrons. The summed E-state index contributed by atoms with van der Waals surface area (Å²) in [4.78, 5) is 0. The number of rotatable bonds is 6. The summed E-state index contributed by atoms with van der Waals surface area (Å²) < 4.78 is 10.9. The summed E-state index contributed by atoms with van der Waals surface area (Å²) in [6.45, 7) is 4.25. The number of methoxy groups -OCH3 is 1. The molecule has 0 radical (unpaired) electrons. The van der Waals surface area contributed by atoms with E-state index in [9.17, 15) is 5.11 Å². The zero-order valence-corrected chi connectivity index (χ0v) is 10.7. The number of para-hydroxylation sites is 1. The number of hydrogen-bond donors (Lipinski definition) is 2. The van der Waals surface area contributed by atoms with E-state index in [2.05, 4.69) is 0 Å². The van der Waals surface area contributed by atoms with Crippen LogP contribution < -0.4 is 15.2 Å². The maximum atomic E-state index is 9.91. The van der Waals surface area contributed by atoms with E-state index in [1.54, 1.807) is 14.0 Å². The van der Waals surface area contributed by atoms with Crippen LogP contribution in [0, 0.1) is 0 Å². The Morgan fingerprint density at radius 3 is 2.65 bits per heavy atom. The third-order valence-corrected chi connectivity index (χ3v) is 2.79. The number of nitrogens with two attached hydrogens (primary N) is 1. The van der Waals surface area contributed by atoms with E-state index >= 15 is 0 Å². The Kier molecular flexibility index (Phi) is 4.78. The van der Waals surface area contributed by atoms with Crippen molar-refractivity contribution >= 4 is 0 Å². The van der Waals surface area contributed by atoms with Crippen molar-refractivity contribution in [3.8, 4) is 11.5 Å². The normalized spacial score (nSPS) is 14.2. The Morgan fingerprint density at radius 2 is 2.12 bits per heavy atom. The molecular formula is C13H21NO3. The summed E-state index contributed by atoms with van der Waals surface area (Å²) in [5.74, 6) is 1.26. The van der Waals surface area contributed by atoms with Crippen LogP contribution in [0.25, 0.3) is 0 Å².